The van der Waals surface area contributed by atoms with Gasteiger partial charge < -0.3 is 20.4 Å². The summed E-state index contributed by atoms with van der Waals surface area (Å²) in [6.07, 6.45) is 8.49. The van der Waals surface area contributed by atoms with E-state index in [9.17, 15) is 4.79 Å². The molecule has 8 nitrogen and oxygen atoms in total. The molecule has 1 fully saturated rings. The Morgan fingerprint density at radius 3 is 2.89 bits per heavy atom. The molecule has 0 spiro atoms. The first kappa shape index (κ1) is 19.0. The van der Waals surface area contributed by atoms with Crippen LogP contribution in [0.4, 0.5) is 16.3 Å². The first-order valence-corrected chi connectivity index (χ1v) is 9.52. The van der Waals surface area contributed by atoms with Crippen molar-refractivity contribution in [2.45, 2.75) is 31.8 Å². The quantitative estimate of drug-likeness (QED) is 0.812. The van der Waals surface area contributed by atoms with Crippen molar-refractivity contribution in [2.24, 2.45) is 0 Å². The number of hydrogen-bond donors (Lipinski definition) is 2. The number of likely N-dealkylation sites (tertiary alicyclic amines) is 1. The average molecular weight is 371 g/mol. The third-order valence-corrected chi connectivity index (χ3v) is 4.77. The van der Waals surface area contributed by atoms with Gasteiger partial charge in [0, 0.05) is 52.2 Å². The molecular formula is C19H29N7O. The molecule has 2 aromatic heterocycles. The van der Waals surface area contributed by atoms with E-state index >= 15 is 0 Å². The molecule has 1 atom stereocenters. The smallest absolute Gasteiger partial charge is 0.317 e. The molecule has 0 bridgehead atoms. The molecule has 1 aliphatic heterocycles. The Bertz CT molecular complexity index is 699. The van der Waals surface area contributed by atoms with Gasteiger partial charge in [0.1, 0.15) is 5.82 Å². The number of urea groups is 1. The summed E-state index contributed by atoms with van der Waals surface area (Å²) in [5.74, 6) is 0.944. The van der Waals surface area contributed by atoms with Crippen LogP contribution in [-0.4, -0.2) is 65.5 Å². The van der Waals surface area contributed by atoms with Crippen LogP contribution in [-0.2, 0) is 6.54 Å². The summed E-state index contributed by atoms with van der Waals surface area (Å²) in [7, 11) is 3.96. The summed E-state index contributed by atoms with van der Waals surface area (Å²) in [6, 6.07) is 6.33. The largest absolute Gasteiger partial charge is 0.381 e. The summed E-state index contributed by atoms with van der Waals surface area (Å²) in [4.78, 5) is 20.7. The number of pyridine rings is 1. The third kappa shape index (κ3) is 5.60. The number of amides is 2. The van der Waals surface area contributed by atoms with E-state index in [0.29, 0.717) is 19.1 Å². The zero-order valence-corrected chi connectivity index (χ0v) is 16.1. The number of hydrogen-bond acceptors (Lipinski definition) is 5. The maximum absolute atomic E-state index is 12.4. The Labute approximate surface area is 160 Å². The monoisotopic (exact) mass is 371 g/mol. The highest BCUT2D eigenvalue weighted by molar-refractivity contribution is 5.74. The molecule has 2 N–H and O–H groups in total. The minimum Gasteiger partial charge on any atom is -0.381 e. The van der Waals surface area contributed by atoms with Crippen LogP contribution in [0.1, 0.15) is 19.3 Å². The van der Waals surface area contributed by atoms with E-state index in [2.05, 4.69) is 26.8 Å². The topological polar surface area (TPSA) is 78.3 Å². The van der Waals surface area contributed by atoms with E-state index in [0.717, 1.165) is 43.9 Å². The van der Waals surface area contributed by atoms with E-state index in [-0.39, 0.29) is 6.03 Å². The van der Waals surface area contributed by atoms with E-state index in [1.807, 2.05) is 53.1 Å². The van der Waals surface area contributed by atoms with E-state index < -0.39 is 0 Å². The zero-order chi connectivity index (χ0) is 19.1. The maximum Gasteiger partial charge on any atom is 0.317 e. The highest BCUT2D eigenvalue weighted by Gasteiger charge is 2.20. The van der Waals surface area contributed by atoms with Crippen molar-refractivity contribution in [1.82, 2.24) is 25.0 Å². The predicted octanol–water partition coefficient (Wildman–Crippen LogP) is 2.02. The lowest BCUT2D eigenvalue weighted by Gasteiger charge is -2.22. The van der Waals surface area contributed by atoms with E-state index in [4.69, 9.17) is 0 Å². The molecule has 0 saturated carbocycles. The van der Waals surface area contributed by atoms with Gasteiger partial charge in [0.2, 0.25) is 0 Å². The van der Waals surface area contributed by atoms with Gasteiger partial charge in [0.25, 0.3) is 0 Å². The van der Waals surface area contributed by atoms with Crippen LogP contribution in [0.3, 0.4) is 0 Å². The van der Waals surface area contributed by atoms with Crippen molar-refractivity contribution in [3.8, 4) is 0 Å². The second kappa shape index (κ2) is 9.25. The van der Waals surface area contributed by atoms with E-state index in [1.165, 1.54) is 0 Å². The molecule has 2 amide bonds. The SMILES string of the molecule is CN(C)c1ccc(N[C@@H]2CCCN(C(=O)NCCn3cccn3)CC2)cn1. The molecule has 1 aliphatic rings. The molecule has 27 heavy (non-hydrogen) atoms. The Morgan fingerprint density at radius 2 is 2.19 bits per heavy atom. The molecule has 2 aromatic rings. The van der Waals surface area contributed by atoms with Gasteiger partial charge in [-0.2, -0.15) is 5.10 Å². The van der Waals surface area contributed by atoms with Crippen molar-refractivity contribution >= 4 is 17.5 Å². The molecule has 0 aliphatic carbocycles. The lowest BCUT2D eigenvalue weighted by Crippen LogP contribution is -2.41. The van der Waals surface area contributed by atoms with Crippen LogP contribution in [0, 0.1) is 0 Å². The molecule has 3 heterocycles. The molecular weight excluding hydrogens is 342 g/mol. The first-order chi connectivity index (χ1) is 13.1. The summed E-state index contributed by atoms with van der Waals surface area (Å²) in [5, 5.41) is 10.7. The van der Waals surface area contributed by atoms with Crippen LogP contribution in [0.15, 0.2) is 36.8 Å². The highest BCUT2D eigenvalue weighted by atomic mass is 16.2. The van der Waals surface area contributed by atoms with Crippen molar-refractivity contribution in [1.29, 1.82) is 0 Å². The molecule has 0 unspecified atom stereocenters. The molecule has 0 radical (unpaired) electrons. The zero-order valence-electron chi connectivity index (χ0n) is 16.1. The minimum atomic E-state index is 0.0137. The van der Waals surface area contributed by atoms with Gasteiger partial charge in [-0.25, -0.2) is 9.78 Å². The number of carbonyl (C=O) groups excluding carboxylic acids is 1. The number of nitrogens with one attached hydrogen (secondary N) is 2. The van der Waals surface area contributed by atoms with Crippen LogP contribution in [0.25, 0.3) is 0 Å². The van der Waals surface area contributed by atoms with Crippen molar-refractivity contribution < 1.29 is 4.79 Å². The Hall–Kier alpha value is -2.77. The van der Waals surface area contributed by atoms with Crippen LogP contribution in [0.5, 0.6) is 0 Å². The summed E-state index contributed by atoms with van der Waals surface area (Å²) < 4.78 is 1.82. The average Bonchev–Trinajstić information content (AvgIpc) is 3.07. The number of nitrogens with zero attached hydrogens (tertiary/aromatic N) is 5. The fourth-order valence-electron chi connectivity index (χ4n) is 3.24. The lowest BCUT2D eigenvalue weighted by atomic mass is 10.1. The van der Waals surface area contributed by atoms with E-state index in [1.54, 1.807) is 6.20 Å². The minimum absolute atomic E-state index is 0.0137. The van der Waals surface area contributed by atoms with Crippen LogP contribution < -0.4 is 15.5 Å². The normalized spacial score (nSPS) is 17.3. The summed E-state index contributed by atoms with van der Waals surface area (Å²) >= 11 is 0. The van der Waals surface area contributed by atoms with Crippen LogP contribution in [0.2, 0.25) is 0 Å². The van der Waals surface area contributed by atoms with Crippen molar-refractivity contribution in [2.75, 3.05) is 43.9 Å². The second-order valence-corrected chi connectivity index (χ2v) is 7.06. The van der Waals surface area contributed by atoms with Crippen molar-refractivity contribution in [3.63, 3.8) is 0 Å². The Morgan fingerprint density at radius 1 is 1.30 bits per heavy atom. The predicted molar refractivity (Wildman–Crippen MR) is 107 cm³/mol. The van der Waals surface area contributed by atoms with Crippen molar-refractivity contribution in [3.05, 3.63) is 36.8 Å². The molecule has 1 saturated heterocycles. The van der Waals surface area contributed by atoms with Gasteiger partial charge in [-0.05, 0) is 37.5 Å². The molecule has 0 aromatic carbocycles. The van der Waals surface area contributed by atoms with Gasteiger partial charge >= 0.3 is 6.03 Å². The second-order valence-electron chi connectivity index (χ2n) is 7.06. The number of anilines is 2. The number of carbonyl (C=O) groups is 1. The molecule has 146 valence electrons. The lowest BCUT2D eigenvalue weighted by molar-refractivity contribution is 0.199. The van der Waals surface area contributed by atoms with Crippen LogP contribution >= 0.6 is 0 Å². The fraction of sp³-hybridized carbons (Fsp3) is 0.526. The highest BCUT2D eigenvalue weighted by Crippen LogP contribution is 2.18. The molecule has 8 heteroatoms. The van der Waals surface area contributed by atoms with Gasteiger partial charge in [-0.15, -0.1) is 0 Å². The first-order valence-electron chi connectivity index (χ1n) is 9.52. The van der Waals surface area contributed by atoms with Gasteiger partial charge in [-0.1, -0.05) is 0 Å². The summed E-state index contributed by atoms with van der Waals surface area (Å²) in [6.45, 7) is 2.83. The fourth-order valence-corrected chi connectivity index (χ4v) is 3.24. The summed E-state index contributed by atoms with van der Waals surface area (Å²) in [5.41, 5.74) is 1.03. The number of rotatable bonds is 6. The third-order valence-electron chi connectivity index (χ3n) is 4.77. The number of aromatic nitrogens is 3. The molecule has 3 rings (SSSR count). The Kier molecular flexibility index (Phi) is 6.51. The Balaban J connectivity index is 1.43. The standard InChI is InChI=1S/C19H29N7O/c1-24(2)18-7-6-17(15-21-18)23-16-5-3-11-25(13-8-16)19(27)20-10-14-26-12-4-9-22-26/h4,6-7,9,12,15-16,23H,3,5,8,10-11,13-14H2,1-2H3,(H,20,27)/t16-/m1/s1. The maximum atomic E-state index is 12.4. The van der Waals surface area contributed by atoms with Gasteiger partial charge in [0.15, 0.2) is 0 Å². The van der Waals surface area contributed by atoms with Gasteiger partial charge in [0.05, 0.1) is 18.4 Å². The van der Waals surface area contributed by atoms with Gasteiger partial charge in [-0.3, -0.25) is 4.68 Å².